The molecule has 0 aromatic heterocycles. The van der Waals surface area contributed by atoms with Crippen LogP contribution in [0.25, 0.3) is 0 Å². The molecule has 2 heteroatoms. The first-order chi connectivity index (χ1) is 1.73. The second kappa shape index (κ2) is 4.84. The van der Waals surface area contributed by atoms with Crippen molar-refractivity contribution in [2.75, 3.05) is 21.1 Å². The largest absolute Gasteiger partial charge is 0.312 e. The Morgan fingerprint density at radius 2 is 1.00 bits per heavy atom. The minimum absolute atomic E-state index is 0. The summed E-state index contributed by atoms with van der Waals surface area (Å²) in [5, 5.41) is 0. The maximum Gasteiger partial charge on any atom is 0 e. The molecular formula is C3H9BiN. The Hall–Kier alpha value is 0.843. The van der Waals surface area contributed by atoms with E-state index in [0.717, 1.165) is 0 Å². The monoisotopic (exact) mass is 268 g/mol. The third-order valence-electron chi connectivity index (χ3n) is 0. The molecule has 0 atom stereocenters. The van der Waals surface area contributed by atoms with Crippen LogP contribution in [0.5, 0.6) is 0 Å². The summed E-state index contributed by atoms with van der Waals surface area (Å²) in [4.78, 5) is 2.00. The Morgan fingerprint density at radius 1 is 1.00 bits per heavy atom. The number of hydrogen-bond acceptors (Lipinski definition) is 1. The minimum atomic E-state index is 0. The number of nitrogens with zero attached hydrogens (tertiary/aromatic N) is 1. The summed E-state index contributed by atoms with van der Waals surface area (Å²) in [6, 6.07) is 0. The maximum atomic E-state index is 2.00. The van der Waals surface area contributed by atoms with Gasteiger partial charge in [-0.25, -0.2) is 0 Å². The molecule has 5 heavy (non-hydrogen) atoms. The predicted molar refractivity (Wildman–Crippen MR) is 25.4 cm³/mol. The van der Waals surface area contributed by atoms with E-state index in [1.165, 1.54) is 0 Å². The zero-order chi connectivity index (χ0) is 3.58. The van der Waals surface area contributed by atoms with Crippen LogP contribution in [0.1, 0.15) is 0 Å². The SMILES string of the molecule is CN(C)C.[Bi]. The summed E-state index contributed by atoms with van der Waals surface area (Å²) in [6.45, 7) is 0. The van der Waals surface area contributed by atoms with Crippen LogP contribution in [0.15, 0.2) is 0 Å². The Morgan fingerprint density at radius 3 is 1.00 bits per heavy atom. The minimum Gasteiger partial charge on any atom is -0.312 e. The van der Waals surface area contributed by atoms with Crippen molar-refractivity contribution < 1.29 is 0 Å². The van der Waals surface area contributed by atoms with Crippen LogP contribution in [0.2, 0.25) is 0 Å². The fourth-order valence-corrected chi connectivity index (χ4v) is 0. The first-order valence-corrected chi connectivity index (χ1v) is 1.34. The van der Waals surface area contributed by atoms with Crippen LogP contribution in [-0.2, 0) is 0 Å². The third kappa shape index (κ3) is 55.1. The maximum absolute atomic E-state index is 2.00. The summed E-state index contributed by atoms with van der Waals surface area (Å²) in [5.41, 5.74) is 0. The smallest absolute Gasteiger partial charge is 0 e. The number of rotatable bonds is 0. The van der Waals surface area contributed by atoms with E-state index >= 15 is 0 Å². The molecule has 0 aromatic carbocycles. The molecule has 0 aliphatic carbocycles. The van der Waals surface area contributed by atoms with Gasteiger partial charge in [-0.3, -0.25) is 0 Å². The van der Waals surface area contributed by atoms with Crippen molar-refractivity contribution in [2.45, 2.75) is 0 Å². The second-order valence-corrected chi connectivity index (χ2v) is 1.34. The van der Waals surface area contributed by atoms with Gasteiger partial charge in [-0.05, 0) is 21.1 Å². The van der Waals surface area contributed by atoms with Crippen LogP contribution in [-0.4, -0.2) is 52.2 Å². The van der Waals surface area contributed by atoms with Crippen molar-refractivity contribution in [3.05, 3.63) is 0 Å². The first kappa shape index (κ1) is 9.28. The van der Waals surface area contributed by atoms with Crippen LogP contribution >= 0.6 is 0 Å². The molecule has 0 rings (SSSR count). The average molecular weight is 268 g/mol. The Kier molecular flexibility index (Phi) is 8.99. The van der Waals surface area contributed by atoms with E-state index in [9.17, 15) is 0 Å². The quantitative estimate of drug-likeness (QED) is 0.550. The molecule has 0 aliphatic rings. The summed E-state index contributed by atoms with van der Waals surface area (Å²) in [6.07, 6.45) is 0. The van der Waals surface area contributed by atoms with E-state index < -0.39 is 0 Å². The van der Waals surface area contributed by atoms with Gasteiger partial charge in [-0.1, -0.05) is 0 Å². The zero-order valence-corrected chi connectivity index (χ0v) is 7.37. The van der Waals surface area contributed by atoms with Crippen molar-refractivity contribution >= 4 is 26.2 Å². The topological polar surface area (TPSA) is 3.24 Å². The molecule has 31 valence electrons. The summed E-state index contributed by atoms with van der Waals surface area (Å²) in [5.74, 6) is 0. The molecule has 1 nitrogen and oxygen atoms in total. The van der Waals surface area contributed by atoms with E-state index in [-0.39, 0.29) is 26.2 Å². The third-order valence-corrected chi connectivity index (χ3v) is 0. The van der Waals surface area contributed by atoms with Gasteiger partial charge in [-0.2, -0.15) is 0 Å². The fraction of sp³-hybridized carbons (Fsp3) is 1.00. The van der Waals surface area contributed by atoms with Crippen LogP contribution in [0, 0.1) is 0 Å². The summed E-state index contributed by atoms with van der Waals surface area (Å²) < 4.78 is 0. The van der Waals surface area contributed by atoms with Crippen molar-refractivity contribution in [3.63, 3.8) is 0 Å². The van der Waals surface area contributed by atoms with Gasteiger partial charge in [0.15, 0.2) is 0 Å². The van der Waals surface area contributed by atoms with Gasteiger partial charge in [0, 0.05) is 26.2 Å². The zero-order valence-electron chi connectivity index (χ0n) is 3.89. The van der Waals surface area contributed by atoms with Gasteiger partial charge in [0.25, 0.3) is 0 Å². The van der Waals surface area contributed by atoms with Crippen molar-refractivity contribution in [1.29, 1.82) is 0 Å². The number of hydrogen-bond donors (Lipinski definition) is 0. The molecule has 3 radical (unpaired) electrons. The molecule has 0 aliphatic heterocycles. The summed E-state index contributed by atoms with van der Waals surface area (Å²) >= 11 is 0. The first-order valence-electron chi connectivity index (χ1n) is 1.34. The predicted octanol–water partition coefficient (Wildman–Crippen LogP) is -0.203. The summed E-state index contributed by atoms with van der Waals surface area (Å²) in [7, 11) is 6.00. The van der Waals surface area contributed by atoms with Crippen LogP contribution in [0.4, 0.5) is 0 Å². The standard InChI is InChI=1S/C3H9N.Bi/c1-4(2)3;/h1-3H3;. The van der Waals surface area contributed by atoms with Gasteiger partial charge in [0.2, 0.25) is 0 Å². The molecule has 0 aromatic rings. The Bertz CT molecular complexity index is 11.6. The van der Waals surface area contributed by atoms with Gasteiger partial charge >= 0.3 is 0 Å². The van der Waals surface area contributed by atoms with Crippen molar-refractivity contribution in [3.8, 4) is 0 Å². The molecule has 0 N–H and O–H groups in total. The van der Waals surface area contributed by atoms with E-state index in [1.807, 2.05) is 26.0 Å². The van der Waals surface area contributed by atoms with E-state index in [2.05, 4.69) is 0 Å². The van der Waals surface area contributed by atoms with Gasteiger partial charge in [0.1, 0.15) is 0 Å². The van der Waals surface area contributed by atoms with E-state index in [0.29, 0.717) is 0 Å². The van der Waals surface area contributed by atoms with Crippen LogP contribution in [0.3, 0.4) is 0 Å². The Balaban J connectivity index is 0. The molecule has 0 fully saturated rings. The molecule has 0 saturated heterocycles. The van der Waals surface area contributed by atoms with Gasteiger partial charge in [-0.15, -0.1) is 0 Å². The molecule has 0 amide bonds. The van der Waals surface area contributed by atoms with Gasteiger partial charge < -0.3 is 4.90 Å². The fourth-order valence-electron chi connectivity index (χ4n) is 0. The van der Waals surface area contributed by atoms with Crippen molar-refractivity contribution in [1.82, 2.24) is 4.90 Å². The molecule has 0 heterocycles. The van der Waals surface area contributed by atoms with Crippen molar-refractivity contribution in [2.24, 2.45) is 0 Å². The molecule has 0 bridgehead atoms. The molecule has 0 spiro atoms. The molecule has 0 saturated carbocycles. The Labute approximate surface area is 52.5 Å². The average Bonchev–Trinajstić information content (AvgIpc) is 0.811. The van der Waals surface area contributed by atoms with E-state index in [1.54, 1.807) is 0 Å². The molecule has 0 unspecified atom stereocenters. The second-order valence-electron chi connectivity index (χ2n) is 1.34. The normalized spacial score (nSPS) is 7.20. The molecular weight excluding hydrogens is 259 g/mol. The van der Waals surface area contributed by atoms with Crippen LogP contribution < -0.4 is 0 Å². The van der Waals surface area contributed by atoms with Gasteiger partial charge in [0.05, 0.1) is 0 Å². The van der Waals surface area contributed by atoms with E-state index in [4.69, 9.17) is 0 Å².